The summed E-state index contributed by atoms with van der Waals surface area (Å²) in [4.78, 5) is 12.6. The molecule has 0 heterocycles. The van der Waals surface area contributed by atoms with Gasteiger partial charge in [0.2, 0.25) is 5.91 Å². The summed E-state index contributed by atoms with van der Waals surface area (Å²) in [7, 11) is 0. The van der Waals surface area contributed by atoms with Gasteiger partial charge >= 0.3 is 0 Å². The van der Waals surface area contributed by atoms with E-state index in [4.69, 9.17) is 10.8 Å². The summed E-state index contributed by atoms with van der Waals surface area (Å²) in [5.74, 6) is 0.0404. The van der Waals surface area contributed by atoms with Crippen LogP contribution in [0.5, 0.6) is 0 Å². The van der Waals surface area contributed by atoms with Gasteiger partial charge in [-0.1, -0.05) is 37.8 Å². The third-order valence-electron chi connectivity index (χ3n) is 4.33. The van der Waals surface area contributed by atoms with Crippen molar-refractivity contribution in [3.8, 4) is 0 Å². The first kappa shape index (κ1) is 15.0. The lowest BCUT2D eigenvalue weighted by Gasteiger charge is -2.29. The minimum Gasteiger partial charge on any atom is -0.392 e. The van der Waals surface area contributed by atoms with E-state index in [0.29, 0.717) is 6.54 Å². The van der Waals surface area contributed by atoms with E-state index in [1.165, 1.54) is 12.8 Å². The van der Waals surface area contributed by atoms with Crippen molar-refractivity contribution in [2.24, 2.45) is 11.1 Å². The van der Waals surface area contributed by atoms with Crippen LogP contribution in [0.25, 0.3) is 0 Å². The van der Waals surface area contributed by atoms with Crippen molar-refractivity contribution in [2.45, 2.75) is 45.1 Å². The Bertz CT molecular complexity index is 434. The van der Waals surface area contributed by atoms with E-state index in [1.54, 1.807) is 0 Å². The molecule has 1 aliphatic rings. The molecule has 4 N–H and O–H groups in total. The lowest BCUT2D eigenvalue weighted by atomic mass is 9.79. The topological polar surface area (TPSA) is 75.4 Å². The molecule has 0 saturated heterocycles. The van der Waals surface area contributed by atoms with E-state index in [2.05, 4.69) is 5.32 Å². The van der Waals surface area contributed by atoms with Crippen molar-refractivity contribution in [1.29, 1.82) is 0 Å². The van der Waals surface area contributed by atoms with Gasteiger partial charge in [-0.2, -0.15) is 0 Å². The minimum absolute atomic E-state index is 0.0148. The summed E-state index contributed by atoms with van der Waals surface area (Å²) in [6, 6.07) is 7.28. The average molecular weight is 276 g/mol. The number of nitrogens with two attached hydrogens (primary N) is 1. The zero-order valence-electron chi connectivity index (χ0n) is 11.9. The molecule has 110 valence electrons. The summed E-state index contributed by atoms with van der Waals surface area (Å²) >= 11 is 0. The molecule has 0 atom stereocenters. The van der Waals surface area contributed by atoms with E-state index in [9.17, 15) is 4.79 Å². The highest BCUT2D eigenvalue weighted by atomic mass is 16.3. The van der Waals surface area contributed by atoms with Crippen LogP contribution in [0.15, 0.2) is 24.3 Å². The van der Waals surface area contributed by atoms with Crippen LogP contribution in [-0.4, -0.2) is 17.6 Å². The number of anilines is 1. The van der Waals surface area contributed by atoms with Crippen molar-refractivity contribution in [1.82, 2.24) is 0 Å². The number of amides is 1. The molecule has 1 aromatic carbocycles. The molecule has 0 unspecified atom stereocenters. The molecule has 1 amide bonds. The standard InChI is InChI=1S/C16H24N2O2/c17-12-16(9-3-1-2-4-10-16)15(20)18-14-7-5-13(11-19)6-8-14/h5-8,19H,1-4,9-12,17H2,(H,18,20). The van der Waals surface area contributed by atoms with Gasteiger partial charge in [0.25, 0.3) is 0 Å². The lowest BCUT2D eigenvalue weighted by Crippen LogP contribution is -2.42. The quantitative estimate of drug-likeness (QED) is 0.739. The number of hydrogen-bond donors (Lipinski definition) is 3. The summed E-state index contributed by atoms with van der Waals surface area (Å²) in [5.41, 5.74) is 7.11. The van der Waals surface area contributed by atoms with Crippen molar-refractivity contribution >= 4 is 11.6 Å². The number of rotatable bonds is 4. The second kappa shape index (κ2) is 6.86. The van der Waals surface area contributed by atoms with Crippen LogP contribution in [0.3, 0.4) is 0 Å². The second-order valence-electron chi connectivity index (χ2n) is 5.71. The van der Waals surface area contributed by atoms with Gasteiger partial charge in [-0.3, -0.25) is 4.79 Å². The predicted octanol–water partition coefficient (Wildman–Crippen LogP) is 2.42. The fourth-order valence-electron chi connectivity index (χ4n) is 2.89. The zero-order chi connectivity index (χ0) is 14.4. The fourth-order valence-corrected chi connectivity index (χ4v) is 2.89. The Kier molecular flexibility index (Phi) is 5.15. The van der Waals surface area contributed by atoms with Crippen molar-refractivity contribution in [3.05, 3.63) is 29.8 Å². The number of aliphatic hydroxyl groups excluding tert-OH is 1. The molecule has 1 fully saturated rings. The highest BCUT2D eigenvalue weighted by molar-refractivity contribution is 5.95. The Hall–Kier alpha value is -1.39. The second-order valence-corrected chi connectivity index (χ2v) is 5.71. The van der Waals surface area contributed by atoms with Gasteiger partial charge in [0.15, 0.2) is 0 Å². The van der Waals surface area contributed by atoms with E-state index in [-0.39, 0.29) is 12.5 Å². The molecule has 0 bridgehead atoms. The van der Waals surface area contributed by atoms with Gasteiger partial charge in [0.1, 0.15) is 0 Å². The van der Waals surface area contributed by atoms with Crippen molar-refractivity contribution in [2.75, 3.05) is 11.9 Å². The molecule has 20 heavy (non-hydrogen) atoms. The molecule has 0 aromatic heterocycles. The highest BCUT2D eigenvalue weighted by Gasteiger charge is 2.37. The Morgan fingerprint density at radius 1 is 1.15 bits per heavy atom. The smallest absolute Gasteiger partial charge is 0.231 e. The van der Waals surface area contributed by atoms with Gasteiger partial charge in [-0.25, -0.2) is 0 Å². The number of carbonyl (C=O) groups is 1. The highest BCUT2D eigenvalue weighted by Crippen LogP contribution is 2.35. The van der Waals surface area contributed by atoms with Gasteiger partial charge in [0, 0.05) is 12.2 Å². The summed E-state index contributed by atoms with van der Waals surface area (Å²) in [6.07, 6.45) is 6.30. The molecule has 0 spiro atoms. The van der Waals surface area contributed by atoms with E-state index in [1.807, 2.05) is 24.3 Å². The van der Waals surface area contributed by atoms with Crippen molar-refractivity contribution < 1.29 is 9.90 Å². The van der Waals surface area contributed by atoms with Gasteiger partial charge in [0.05, 0.1) is 12.0 Å². The molecule has 1 aromatic rings. The fraction of sp³-hybridized carbons (Fsp3) is 0.562. The maximum Gasteiger partial charge on any atom is 0.231 e. The third-order valence-corrected chi connectivity index (χ3v) is 4.33. The monoisotopic (exact) mass is 276 g/mol. The molecule has 4 nitrogen and oxygen atoms in total. The summed E-state index contributed by atoms with van der Waals surface area (Å²) in [5, 5.41) is 12.0. The Morgan fingerprint density at radius 3 is 2.25 bits per heavy atom. The maximum absolute atomic E-state index is 12.6. The molecular formula is C16H24N2O2. The first-order valence-corrected chi connectivity index (χ1v) is 7.41. The van der Waals surface area contributed by atoms with Crippen LogP contribution in [0.4, 0.5) is 5.69 Å². The van der Waals surface area contributed by atoms with Gasteiger partial charge < -0.3 is 16.2 Å². The van der Waals surface area contributed by atoms with E-state index >= 15 is 0 Å². The van der Waals surface area contributed by atoms with Crippen LogP contribution < -0.4 is 11.1 Å². The molecular weight excluding hydrogens is 252 g/mol. The number of benzene rings is 1. The predicted molar refractivity (Wildman–Crippen MR) is 80.2 cm³/mol. The average Bonchev–Trinajstić information content (AvgIpc) is 2.74. The van der Waals surface area contributed by atoms with E-state index < -0.39 is 5.41 Å². The Balaban J connectivity index is 2.07. The van der Waals surface area contributed by atoms with Gasteiger partial charge in [-0.15, -0.1) is 0 Å². The largest absolute Gasteiger partial charge is 0.392 e. The molecule has 4 heteroatoms. The Morgan fingerprint density at radius 2 is 1.75 bits per heavy atom. The van der Waals surface area contributed by atoms with Crippen LogP contribution in [-0.2, 0) is 11.4 Å². The van der Waals surface area contributed by atoms with Crippen LogP contribution in [0, 0.1) is 5.41 Å². The molecule has 1 aliphatic carbocycles. The van der Waals surface area contributed by atoms with Crippen LogP contribution in [0.2, 0.25) is 0 Å². The SMILES string of the molecule is NCC1(C(=O)Nc2ccc(CO)cc2)CCCCCC1. The first-order chi connectivity index (χ1) is 9.70. The normalized spacial score (nSPS) is 18.3. The third kappa shape index (κ3) is 3.38. The molecule has 1 saturated carbocycles. The number of carbonyl (C=O) groups excluding carboxylic acids is 1. The minimum atomic E-state index is -0.411. The van der Waals surface area contributed by atoms with Crippen molar-refractivity contribution in [3.63, 3.8) is 0 Å². The van der Waals surface area contributed by atoms with E-state index in [0.717, 1.165) is 36.9 Å². The Labute approximate surface area is 120 Å². The number of nitrogens with one attached hydrogen (secondary N) is 1. The van der Waals surface area contributed by atoms with Gasteiger partial charge in [-0.05, 0) is 30.5 Å². The number of aliphatic hydroxyl groups is 1. The zero-order valence-corrected chi connectivity index (χ0v) is 11.9. The first-order valence-electron chi connectivity index (χ1n) is 7.41. The summed E-state index contributed by atoms with van der Waals surface area (Å²) < 4.78 is 0. The molecule has 0 aliphatic heterocycles. The molecule has 0 radical (unpaired) electrons. The maximum atomic E-state index is 12.6. The lowest BCUT2D eigenvalue weighted by molar-refractivity contribution is -0.125. The number of hydrogen-bond acceptors (Lipinski definition) is 3. The summed E-state index contributed by atoms with van der Waals surface area (Å²) in [6.45, 7) is 0.425. The molecule has 2 rings (SSSR count). The van der Waals surface area contributed by atoms with Crippen LogP contribution in [0.1, 0.15) is 44.1 Å². The van der Waals surface area contributed by atoms with Crippen LogP contribution >= 0.6 is 0 Å².